The largest absolute Gasteiger partial charge is 0.503 e. The molecule has 3 N–H and O–H groups in total. The van der Waals surface area contributed by atoms with Crippen molar-refractivity contribution in [1.29, 1.82) is 0 Å². The molecule has 0 bridgehead atoms. The lowest BCUT2D eigenvalue weighted by atomic mass is 9.85. The third-order valence-electron chi connectivity index (χ3n) is 7.91. The highest BCUT2D eigenvalue weighted by molar-refractivity contribution is 6.32. The van der Waals surface area contributed by atoms with Crippen molar-refractivity contribution in [2.75, 3.05) is 39.2 Å². The Morgan fingerprint density at radius 1 is 1.13 bits per heavy atom. The highest BCUT2D eigenvalue weighted by Gasteiger charge is 2.33. The van der Waals surface area contributed by atoms with Crippen LogP contribution in [0.2, 0.25) is 5.02 Å². The molecule has 0 aliphatic heterocycles. The van der Waals surface area contributed by atoms with E-state index in [1.807, 2.05) is 18.2 Å². The number of Topliss-reactive ketones (excluding diaryl/α,β-unsaturated/α-hetero) is 1. The van der Waals surface area contributed by atoms with E-state index < -0.39 is 0 Å². The standard InChI is InChI=1S/C30H36ClN3O4/c1-34(11-12-35)17-18-3-8-22(9-4-18)33-28-23-13-20(21-14-25(31)30(37)27(15-21)38-2)7-10-26(23)32-16-24(28)29(36)19-5-6-19/h7,10,13-16,18-19,22,35,37H,3-6,8-9,11-12,17H2,1-2H3,(H,32,33)/t18-,22-. The van der Waals surface area contributed by atoms with Crippen LogP contribution in [0.4, 0.5) is 5.69 Å². The highest BCUT2D eigenvalue weighted by atomic mass is 35.5. The van der Waals surface area contributed by atoms with Crippen LogP contribution >= 0.6 is 11.6 Å². The number of aliphatic hydroxyl groups excluding tert-OH is 1. The van der Waals surface area contributed by atoms with E-state index in [9.17, 15) is 15.0 Å². The van der Waals surface area contributed by atoms with E-state index in [1.165, 1.54) is 7.11 Å². The van der Waals surface area contributed by atoms with Gasteiger partial charge in [0.15, 0.2) is 17.3 Å². The number of anilines is 1. The number of fused-ring (bicyclic) bond motifs is 1. The molecule has 2 fully saturated rings. The van der Waals surface area contributed by atoms with Crippen molar-refractivity contribution in [1.82, 2.24) is 9.88 Å². The number of carbonyl (C=O) groups is 1. The molecule has 1 aromatic heterocycles. The van der Waals surface area contributed by atoms with Gasteiger partial charge in [-0.25, -0.2) is 0 Å². The van der Waals surface area contributed by atoms with Crippen LogP contribution in [-0.4, -0.2) is 65.8 Å². The fourth-order valence-corrected chi connectivity index (χ4v) is 5.78. The molecule has 0 amide bonds. The summed E-state index contributed by atoms with van der Waals surface area (Å²) >= 11 is 6.28. The number of aliphatic hydroxyl groups is 1. The fraction of sp³-hybridized carbons (Fsp3) is 0.467. The van der Waals surface area contributed by atoms with Crippen LogP contribution in [0.15, 0.2) is 36.5 Å². The number of halogens is 1. The second kappa shape index (κ2) is 11.5. The van der Waals surface area contributed by atoms with Crippen LogP contribution in [0.1, 0.15) is 48.9 Å². The monoisotopic (exact) mass is 537 g/mol. The molecule has 8 heteroatoms. The average Bonchev–Trinajstić information content (AvgIpc) is 3.77. The molecule has 5 rings (SSSR count). The Kier molecular flexibility index (Phi) is 8.07. The number of hydrogen-bond donors (Lipinski definition) is 3. The van der Waals surface area contributed by atoms with Gasteiger partial charge >= 0.3 is 0 Å². The lowest BCUT2D eigenvalue weighted by molar-refractivity contribution is 0.0968. The molecule has 2 aliphatic rings. The van der Waals surface area contributed by atoms with E-state index in [0.717, 1.165) is 72.8 Å². The summed E-state index contributed by atoms with van der Waals surface area (Å²) in [4.78, 5) is 20.2. The second-order valence-corrected chi connectivity index (χ2v) is 11.2. The van der Waals surface area contributed by atoms with Gasteiger partial charge in [0.2, 0.25) is 0 Å². The third kappa shape index (κ3) is 5.75. The lowest BCUT2D eigenvalue weighted by Crippen LogP contribution is -2.33. The summed E-state index contributed by atoms with van der Waals surface area (Å²) in [6.45, 7) is 1.89. The predicted molar refractivity (Wildman–Crippen MR) is 151 cm³/mol. The molecule has 38 heavy (non-hydrogen) atoms. The minimum absolute atomic E-state index is 0.0850. The number of hydrogen-bond acceptors (Lipinski definition) is 7. The molecule has 2 saturated carbocycles. The van der Waals surface area contributed by atoms with Crippen LogP contribution in [0, 0.1) is 11.8 Å². The molecule has 0 atom stereocenters. The first kappa shape index (κ1) is 26.7. The van der Waals surface area contributed by atoms with Crippen LogP contribution < -0.4 is 10.1 Å². The average molecular weight is 538 g/mol. The summed E-state index contributed by atoms with van der Waals surface area (Å²) in [6, 6.07) is 9.73. The molecule has 202 valence electrons. The van der Waals surface area contributed by atoms with E-state index in [4.69, 9.17) is 16.3 Å². The summed E-state index contributed by atoms with van der Waals surface area (Å²) in [6.07, 6.45) is 7.90. The van der Waals surface area contributed by atoms with Gasteiger partial charge in [0.05, 0.1) is 35.5 Å². The summed E-state index contributed by atoms with van der Waals surface area (Å²) in [5, 5.41) is 24.3. The van der Waals surface area contributed by atoms with Gasteiger partial charge in [-0.15, -0.1) is 0 Å². The Morgan fingerprint density at radius 2 is 1.89 bits per heavy atom. The summed E-state index contributed by atoms with van der Waals surface area (Å²) in [5.41, 5.74) is 4.06. The fourth-order valence-electron chi connectivity index (χ4n) is 5.57. The number of nitrogens with zero attached hydrogens (tertiary/aromatic N) is 2. The van der Waals surface area contributed by atoms with E-state index in [2.05, 4.69) is 22.2 Å². The Bertz CT molecular complexity index is 1320. The Balaban J connectivity index is 1.47. The molecule has 2 aromatic carbocycles. The molecule has 0 radical (unpaired) electrons. The van der Waals surface area contributed by atoms with Gasteiger partial charge in [-0.1, -0.05) is 17.7 Å². The number of rotatable bonds is 10. The van der Waals surface area contributed by atoms with E-state index in [0.29, 0.717) is 23.8 Å². The van der Waals surface area contributed by atoms with Crippen molar-refractivity contribution < 1.29 is 19.7 Å². The Hall–Kier alpha value is -2.87. The maximum Gasteiger partial charge on any atom is 0.176 e. The first-order chi connectivity index (χ1) is 18.4. The number of benzene rings is 2. The molecule has 3 aromatic rings. The molecule has 1 heterocycles. The van der Waals surface area contributed by atoms with Gasteiger partial charge in [-0.2, -0.15) is 0 Å². The normalized spacial score (nSPS) is 19.6. The first-order valence-electron chi connectivity index (χ1n) is 13.5. The number of likely N-dealkylation sites (N-methyl/N-ethyl adjacent to an activating group) is 1. The van der Waals surface area contributed by atoms with E-state index in [1.54, 1.807) is 18.3 Å². The minimum Gasteiger partial charge on any atom is -0.503 e. The number of nitrogens with one attached hydrogen (secondary N) is 1. The predicted octanol–water partition coefficient (Wildman–Crippen LogP) is 5.76. The maximum atomic E-state index is 13.3. The quantitative estimate of drug-likeness (QED) is 0.283. The van der Waals surface area contributed by atoms with Crippen molar-refractivity contribution in [3.8, 4) is 22.6 Å². The zero-order valence-electron chi connectivity index (χ0n) is 22.0. The van der Waals surface area contributed by atoms with Crippen molar-refractivity contribution >= 4 is 34.0 Å². The van der Waals surface area contributed by atoms with Gasteiger partial charge in [-0.05, 0) is 86.9 Å². The van der Waals surface area contributed by atoms with Gasteiger partial charge < -0.3 is 25.2 Å². The smallest absolute Gasteiger partial charge is 0.176 e. The Labute approximate surface area is 228 Å². The van der Waals surface area contributed by atoms with Gasteiger partial charge in [-0.3, -0.25) is 9.78 Å². The molecular formula is C30H36ClN3O4. The molecule has 2 aliphatic carbocycles. The van der Waals surface area contributed by atoms with E-state index in [-0.39, 0.29) is 35.1 Å². The topological polar surface area (TPSA) is 94.9 Å². The minimum atomic E-state index is -0.0850. The van der Waals surface area contributed by atoms with Gasteiger partial charge in [0.25, 0.3) is 0 Å². The van der Waals surface area contributed by atoms with Crippen molar-refractivity contribution in [3.05, 3.63) is 47.1 Å². The van der Waals surface area contributed by atoms with Crippen LogP contribution in [0.25, 0.3) is 22.0 Å². The number of ether oxygens (including phenoxy) is 1. The molecule has 0 unspecified atom stereocenters. The maximum absolute atomic E-state index is 13.3. The van der Waals surface area contributed by atoms with Gasteiger partial charge in [0, 0.05) is 36.6 Å². The molecule has 0 spiro atoms. The summed E-state index contributed by atoms with van der Waals surface area (Å²) in [5.74, 6) is 1.10. The SMILES string of the molecule is COc1cc(-c2ccc3ncc(C(=O)C4CC4)c(N[C@H]4CC[C@H](CN(C)CCO)CC4)c3c2)cc(Cl)c1O. The second-order valence-electron chi connectivity index (χ2n) is 10.8. The van der Waals surface area contributed by atoms with Crippen LogP contribution in [0.5, 0.6) is 11.5 Å². The van der Waals surface area contributed by atoms with Crippen molar-refractivity contribution in [2.24, 2.45) is 11.8 Å². The first-order valence-corrected chi connectivity index (χ1v) is 13.9. The summed E-state index contributed by atoms with van der Waals surface area (Å²) < 4.78 is 5.31. The summed E-state index contributed by atoms with van der Waals surface area (Å²) in [7, 11) is 3.56. The zero-order chi connectivity index (χ0) is 26.8. The number of pyridine rings is 1. The lowest BCUT2D eigenvalue weighted by Gasteiger charge is -2.32. The van der Waals surface area contributed by atoms with Gasteiger partial charge in [0.1, 0.15) is 0 Å². The number of ketones is 1. The number of aromatic nitrogens is 1. The molecular weight excluding hydrogens is 502 g/mol. The van der Waals surface area contributed by atoms with Crippen molar-refractivity contribution in [3.63, 3.8) is 0 Å². The van der Waals surface area contributed by atoms with Crippen LogP contribution in [0.3, 0.4) is 0 Å². The number of carbonyl (C=O) groups excluding carboxylic acids is 1. The number of phenolic OH excluding ortho intramolecular Hbond substituents is 1. The third-order valence-corrected chi connectivity index (χ3v) is 8.20. The van der Waals surface area contributed by atoms with E-state index >= 15 is 0 Å². The highest BCUT2D eigenvalue weighted by Crippen LogP contribution is 2.41. The number of phenols is 1. The molecule has 0 saturated heterocycles. The van der Waals surface area contributed by atoms with Crippen molar-refractivity contribution in [2.45, 2.75) is 44.6 Å². The van der Waals surface area contributed by atoms with Crippen LogP contribution in [-0.2, 0) is 0 Å². The Morgan fingerprint density at radius 3 is 2.58 bits per heavy atom. The number of aromatic hydroxyl groups is 1. The molecule has 7 nitrogen and oxygen atoms in total. The number of methoxy groups -OCH3 is 1. The zero-order valence-corrected chi connectivity index (χ0v) is 22.8.